The van der Waals surface area contributed by atoms with Gasteiger partial charge >= 0.3 is 0 Å². The van der Waals surface area contributed by atoms with Crippen molar-refractivity contribution in [1.29, 1.82) is 0 Å². The Morgan fingerprint density at radius 1 is 0.828 bits per heavy atom. The van der Waals surface area contributed by atoms with Crippen molar-refractivity contribution < 1.29 is 9.59 Å². The Kier molecular flexibility index (Phi) is 5.12. The number of rotatable bonds is 5. The molecule has 0 aromatic heterocycles. The van der Waals surface area contributed by atoms with Crippen LogP contribution in [-0.4, -0.2) is 29.7 Å². The van der Waals surface area contributed by atoms with Crippen LogP contribution >= 0.6 is 0 Å². The lowest BCUT2D eigenvalue weighted by Crippen LogP contribution is -2.29. The number of benzene rings is 3. The van der Waals surface area contributed by atoms with E-state index in [1.807, 2.05) is 67.6 Å². The third-order valence-corrected chi connectivity index (χ3v) is 4.76. The third-order valence-electron chi connectivity index (χ3n) is 4.76. The second-order valence-corrected chi connectivity index (χ2v) is 6.52. The number of para-hydroxylation sites is 1. The van der Waals surface area contributed by atoms with E-state index < -0.39 is 0 Å². The van der Waals surface area contributed by atoms with Crippen molar-refractivity contribution >= 4 is 28.8 Å². The normalized spacial score (nSPS) is 14.9. The minimum atomic E-state index is -0.243. The quantitative estimate of drug-likeness (QED) is 0.379. The summed E-state index contributed by atoms with van der Waals surface area (Å²) in [6.07, 6.45) is 0. The molecule has 1 aliphatic rings. The topological polar surface area (TPSA) is 62.1 Å². The van der Waals surface area contributed by atoms with E-state index in [-0.39, 0.29) is 23.1 Å². The van der Waals surface area contributed by atoms with Crippen molar-refractivity contribution in [3.63, 3.8) is 0 Å². The van der Waals surface area contributed by atoms with E-state index in [4.69, 9.17) is 0 Å². The highest BCUT2D eigenvalue weighted by atomic mass is 16.2. The Morgan fingerprint density at radius 2 is 1.41 bits per heavy atom. The molecule has 0 aliphatic carbocycles. The number of fused-ring (bicyclic) bond motifs is 1. The maximum Gasteiger partial charge on any atom is 0.279 e. The van der Waals surface area contributed by atoms with E-state index in [2.05, 4.69) is 10.2 Å². The highest BCUT2D eigenvalue weighted by molar-refractivity contribution is 6.55. The number of Topliss-reactive ketones (excluding diaryl/α,β-unsaturated/α-hetero) is 1. The van der Waals surface area contributed by atoms with Crippen molar-refractivity contribution in [2.45, 2.75) is 6.92 Å². The molecule has 0 bridgehead atoms. The van der Waals surface area contributed by atoms with Crippen LogP contribution in [0, 0.1) is 0 Å². The van der Waals surface area contributed by atoms with Crippen molar-refractivity contribution in [2.75, 3.05) is 11.4 Å². The summed E-state index contributed by atoms with van der Waals surface area (Å²) in [6.45, 7) is 2.45. The van der Waals surface area contributed by atoms with E-state index in [1.54, 1.807) is 29.2 Å². The Hall–Kier alpha value is -3.86. The molecule has 29 heavy (non-hydrogen) atoms. The minimum absolute atomic E-state index is 0.199. The number of likely N-dealkylation sites (N-methyl/N-ethyl adjacent to an activating group) is 1. The van der Waals surface area contributed by atoms with Crippen LogP contribution in [0.25, 0.3) is 0 Å². The maximum absolute atomic E-state index is 13.1. The van der Waals surface area contributed by atoms with Crippen LogP contribution in [-0.2, 0) is 4.79 Å². The summed E-state index contributed by atoms with van der Waals surface area (Å²) in [4.78, 5) is 27.6. The molecule has 4 rings (SSSR count). The molecular formula is C24H19N3O2. The summed E-state index contributed by atoms with van der Waals surface area (Å²) < 4.78 is 0. The first kappa shape index (κ1) is 18.5. The lowest BCUT2D eigenvalue weighted by Gasteiger charge is -2.12. The molecule has 3 aromatic rings. The van der Waals surface area contributed by atoms with E-state index in [0.717, 1.165) is 11.3 Å². The standard InChI is InChI=1S/C24H19N3O2/c1-2-27-20-16-10-9-15-19(20)22(24(27)29)26-25-21(17-11-5-3-6-12-17)23(28)18-13-7-4-8-14-18/h3-16H,2H2,1H3. The van der Waals surface area contributed by atoms with Crippen LogP contribution in [0.4, 0.5) is 5.69 Å². The van der Waals surface area contributed by atoms with Crippen LogP contribution in [0.15, 0.2) is 95.1 Å². The maximum atomic E-state index is 13.1. The molecule has 0 unspecified atom stereocenters. The summed E-state index contributed by atoms with van der Waals surface area (Å²) in [5, 5.41) is 8.54. The monoisotopic (exact) mass is 381 g/mol. The van der Waals surface area contributed by atoms with E-state index in [1.165, 1.54) is 0 Å². The zero-order valence-electron chi connectivity index (χ0n) is 15.9. The SMILES string of the molecule is CCN1C(=O)C(=NN=C(C(=O)c2ccccc2)c2ccccc2)c2ccccc21. The summed E-state index contributed by atoms with van der Waals surface area (Å²) in [7, 11) is 0. The summed E-state index contributed by atoms with van der Waals surface area (Å²) in [6, 6.07) is 25.6. The van der Waals surface area contributed by atoms with Crippen LogP contribution in [0.1, 0.15) is 28.4 Å². The Balaban J connectivity index is 1.82. The molecule has 0 radical (unpaired) electrons. The first-order chi connectivity index (χ1) is 14.2. The molecule has 0 saturated heterocycles. The van der Waals surface area contributed by atoms with Gasteiger partial charge in [0.25, 0.3) is 5.91 Å². The fourth-order valence-electron chi connectivity index (χ4n) is 3.33. The molecule has 1 heterocycles. The second kappa shape index (κ2) is 8.02. The van der Waals surface area contributed by atoms with E-state index >= 15 is 0 Å². The Bertz CT molecular complexity index is 1120. The Labute approximate surface area is 169 Å². The summed E-state index contributed by atoms with van der Waals surface area (Å²) in [5.74, 6) is -0.454. The van der Waals surface area contributed by atoms with Gasteiger partial charge in [0, 0.05) is 23.2 Å². The smallest absolute Gasteiger partial charge is 0.279 e. The van der Waals surface area contributed by atoms with Gasteiger partial charge in [-0.25, -0.2) is 0 Å². The highest BCUT2D eigenvalue weighted by Gasteiger charge is 2.33. The van der Waals surface area contributed by atoms with Crippen molar-refractivity contribution in [1.82, 2.24) is 0 Å². The number of hydrogen-bond acceptors (Lipinski definition) is 4. The molecule has 3 aromatic carbocycles. The zero-order valence-corrected chi connectivity index (χ0v) is 15.9. The first-order valence-electron chi connectivity index (χ1n) is 9.42. The van der Waals surface area contributed by atoms with Crippen LogP contribution < -0.4 is 4.90 Å². The van der Waals surface area contributed by atoms with Crippen molar-refractivity contribution in [2.24, 2.45) is 10.2 Å². The number of ketones is 1. The molecule has 1 amide bonds. The van der Waals surface area contributed by atoms with Crippen LogP contribution in [0.5, 0.6) is 0 Å². The van der Waals surface area contributed by atoms with Crippen molar-refractivity contribution in [3.8, 4) is 0 Å². The van der Waals surface area contributed by atoms with Crippen LogP contribution in [0.2, 0.25) is 0 Å². The molecule has 0 N–H and O–H groups in total. The molecule has 142 valence electrons. The largest absolute Gasteiger partial charge is 0.307 e. The van der Waals surface area contributed by atoms with E-state index in [9.17, 15) is 9.59 Å². The third kappa shape index (κ3) is 3.50. The number of nitrogens with zero attached hydrogens (tertiary/aromatic N) is 3. The second-order valence-electron chi connectivity index (χ2n) is 6.52. The van der Waals surface area contributed by atoms with Gasteiger partial charge in [-0.15, -0.1) is 10.2 Å². The highest BCUT2D eigenvalue weighted by Crippen LogP contribution is 2.28. The fraction of sp³-hybridized carbons (Fsp3) is 0.0833. The molecular weight excluding hydrogens is 362 g/mol. The summed E-state index contributed by atoms with van der Waals surface area (Å²) in [5.41, 5.74) is 3.15. The van der Waals surface area contributed by atoms with Gasteiger partial charge < -0.3 is 4.90 Å². The summed E-state index contributed by atoms with van der Waals surface area (Å²) >= 11 is 0. The zero-order chi connectivity index (χ0) is 20.2. The van der Waals surface area contributed by atoms with Gasteiger partial charge in [0.1, 0.15) is 5.71 Å². The average molecular weight is 381 g/mol. The van der Waals surface area contributed by atoms with Gasteiger partial charge in [-0.1, -0.05) is 78.9 Å². The fourth-order valence-corrected chi connectivity index (χ4v) is 3.33. The van der Waals surface area contributed by atoms with Gasteiger partial charge in [-0.3, -0.25) is 9.59 Å². The molecule has 0 fully saturated rings. The molecule has 0 atom stereocenters. The lowest BCUT2D eigenvalue weighted by atomic mass is 10.0. The van der Waals surface area contributed by atoms with E-state index in [0.29, 0.717) is 17.7 Å². The van der Waals surface area contributed by atoms with Gasteiger partial charge in [0.2, 0.25) is 5.78 Å². The molecule has 0 spiro atoms. The van der Waals surface area contributed by atoms with Gasteiger partial charge in [0.05, 0.1) is 5.69 Å². The van der Waals surface area contributed by atoms with Gasteiger partial charge in [-0.05, 0) is 13.0 Å². The first-order valence-corrected chi connectivity index (χ1v) is 9.42. The Morgan fingerprint density at radius 3 is 2.07 bits per heavy atom. The van der Waals surface area contributed by atoms with Crippen LogP contribution in [0.3, 0.4) is 0 Å². The predicted octanol–water partition coefficient (Wildman–Crippen LogP) is 4.13. The predicted molar refractivity (Wildman–Crippen MR) is 115 cm³/mol. The molecule has 5 heteroatoms. The number of hydrogen-bond donors (Lipinski definition) is 0. The van der Waals surface area contributed by atoms with Gasteiger partial charge in [-0.2, -0.15) is 0 Å². The van der Waals surface area contributed by atoms with Crippen molar-refractivity contribution in [3.05, 3.63) is 102 Å². The number of amides is 1. The molecule has 5 nitrogen and oxygen atoms in total. The van der Waals surface area contributed by atoms with Gasteiger partial charge in [0.15, 0.2) is 5.71 Å². The number of anilines is 1. The number of carbonyl (C=O) groups excluding carboxylic acids is 2. The minimum Gasteiger partial charge on any atom is -0.307 e. The average Bonchev–Trinajstić information content (AvgIpc) is 3.05. The number of carbonyl (C=O) groups is 2. The lowest BCUT2D eigenvalue weighted by molar-refractivity contribution is -0.112. The molecule has 1 aliphatic heterocycles. The molecule has 0 saturated carbocycles.